The highest BCUT2D eigenvalue weighted by molar-refractivity contribution is 7.26. The second kappa shape index (κ2) is 13.8. The van der Waals surface area contributed by atoms with E-state index in [1.807, 2.05) is 11.3 Å². The van der Waals surface area contributed by atoms with Crippen LogP contribution in [0.4, 0.5) is 17.1 Å². The number of fused-ring (bicyclic) bond motifs is 11. The maximum absolute atomic E-state index is 6.76. The van der Waals surface area contributed by atoms with Gasteiger partial charge in [0.1, 0.15) is 11.2 Å². The molecule has 0 aliphatic carbocycles. The summed E-state index contributed by atoms with van der Waals surface area (Å²) in [6.07, 6.45) is 0. The first-order valence-electron chi connectivity index (χ1n) is 21.1. The molecule has 10 aromatic carbocycles. The van der Waals surface area contributed by atoms with Crippen molar-refractivity contribution >= 4 is 103 Å². The van der Waals surface area contributed by atoms with E-state index in [0.29, 0.717) is 0 Å². The highest BCUT2D eigenvalue weighted by atomic mass is 32.1. The minimum atomic E-state index is 0.863. The highest BCUT2D eigenvalue weighted by Crippen LogP contribution is 2.47. The third-order valence-electron chi connectivity index (χ3n) is 12.6. The highest BCUT2D eigenvalue weighted by Gasteiger charge is 2.22. The molecule has 0 N–H and O–H groups in total. The predicted molar refractivity (Wildman–Crippen MR) is 264 cm³/mol. The number of furan rings is 1. The molecule has 13 aromatic rings. The monoisotopic (exact) mass is 808 g/mol. The van der Waals surface area contributed by atoms with Crippen LogP contribution in [-0.2, 0) is 0 Å². The van der Waals surface area contributed by atoms with Gasteiger partial charge in [-0.25, -0.2) is 0 Å². The van der Waals surface area contributed by atoms with Crippen LogP contribution in [0.1, 0.15) is 0 Å². The molecular formula is C58H36N2OS. The zero-order chi connectivity index (χ0) is 40.7. The summed E-state index contributed by atoms with van der Waals surface area (Å²) >= 11 is 1.87. The number of hydrogen-bond donors (Lipinski definition) is 0. The van der Waals surface area contributed by atoms with E-state index in [4.69, 9.17) is 4.42 Å². The van der Waals surface area contributed by atoms with Crippen LogP contribution in [-0.4, -0.2) is 4.57 Å². The fourth-order valence-corrected chi connectivity index (χ4v) is 11.1. The Bertz CT molecular complexity index is 3830. The first kappa shape index (κ1) is 34.9. The molecule has 0 saturated heterocycles. The Balaban J connectivity index is 1.01. The molecule has 290 valence electrons. The van der Waals surface area contributed by atoms with E-state index in [0.717, 1.165) is 61.0 Å². The lowest BCUT2D eigenvalue weighted by Gasteiger charge is -2.27. The molecule has 0 unspecified atom stereocenters. The van der Waals surface area contributed by atoms with E-state index in [1.54, 1.807) is 0 Å². The Morgan fingerprint density at radius 3 is 1.92 bits per heavy atom. The number of hydrogen-bond acceptors (Lipinski definition) is 3. The van der Waals surface area contributed by atoms with E-state index < -0.39 is 0 Å². The van der Waals surface area contributed by atoms with Crippen molar-refractivity contribution in [2.45, 2.75) is 0 Å². The largest absolute Gasteiger partial charge is 0.455 e. The summed E-state index contributed by atoms with van der Waals surface area (Å²) in [6.45, 7) is 0. The van der Waals surface area contributed by atoms with Gasteiger partial charge in [0, 0.05) is 58.7 Å². The number of anilines is 3. The molecule has 0 atom stereocenters. The van der Waals surface area contributed by atoms with Crippen LogP contribution in [0.3, 0.4) is 0 Å². The van der Waals surface area contributed by atoms with Gasteiger partial charge in [-0.1, -0.05) is 152 Å². The molecule has 0 saturated carbocycles. The first-order valence-corrected chi connectivity index (χ1v) is 21.9. The standard InChI is InChI=1S/C58H36N2OS/c1-2-18-43-37(14-1)32-35-49-56-53(27-13-28-54(56)61-57(43)49)59(41-16-11-15-39(36-41)44-22-12-23-48-47-21-6-10-29-55(47)62-58(44)48)40-33-30-38(31-34-40)42-17-3-7-24-50(42)60-51-25-8-4-19-45(51)46-20-5-9-26-52(46)60/h1-36H. The van der Waals surface area contributed by atoms with Crippen molar-refractivity contribution in [3.8, 4) is 27.9 Å². The van der Waals surface area contributed by atoms with Crippen LogP contribution in [0.2, 0.25) is 0 Å². The molecule has 0 aliphatic heterocycles. The second-order valence-corrected chi connectivity index (χ2v) is 17.1. The van der Waals surface area contributed by atoms with Gasteiger partial charge in [0.15, 0.2) is 0 Å². The van der Waals surface area contributed by atoms with Gasteiger partial charge >= 0.3 is 0 Å². The predicted octanol–water partition coefficient (Wildman–Crippen LogP) is 17.0. The number of nitrogens with zero attached hydrogens (tertiary/aromatic N) is 2. The molecule has 0 aliphatic rings. The van der Waals surface area contributed by atoms with Gasteiger partial charge in [-0.05, 0) is 88.8 Å². The van der Waals surface area contributed by atoms with Gasteiger partial charge in [0.2, 0.25) is 0 Å². The van der Waals surface area contributed by atoms with Crippen LogP contribution in [0.5, 0.6) is 0 Å². The summed E-state index contributed by atoms with van der Waals surface area (Å²) in [4.78, 5) is 2.41. The van der Waals surface area contributed by atoms with E-state index in [1.165, 1.54) is 58.7 Å². The average Bonchev–Trinajstić information content (AvgIpc) is 4.02. The number of para-hydroxylation sites is 3. The molecule has 0 fully saturated rings. The summed E-state index contributed by atoms with van der Waals surface area (Å²) in [5, 5.41) is 9.57. The summed E-state index contributed by atoms with van der Waals surface area (Å²) in [7, 11) is 0. The molecular weight excluding hydrogens is 773 g/mol. The van der Waals surface area contributed by atoms with Gasteiger partial charge in [-0.15, -0.1) is 11.3 Å². The van der Waals surface area contributed by atoms with Crippen LogP contribution in [0, 0.1) is 0 Å². The van der Waals surface area contributed by atoms with Crippen molar-refractivity contribution in [3.05, 3.63) is 218 Å². The lowest BCUT2D eigenvalue weighted by atomic mass is 10.00. The Labute approximate surface area is 361 Å². The van der Waals surface area contributed by atoms with Crippen molar-refractivity contribution in [3.63, 3.8) is 0 Å². The molecule has 3 nitrogen and oxygen atoms in total. The van der Waals surface area contributed by atoms with E-state index >= 15 is 0 Å². The average molecular weight is 809 g/mol. The Hall–Kier alpha value is -7.92. The molecule has 0 bridgehead atoms. The second-order valence-electron chi connectivity index (χ2n) is 16.0. The number of benzene rings is 10. The third kappa shape index (κ3) is 5.30. The van der Waals surface area contributed by atoms with Crippen molar-refractivity contribution in [2.75, 3.05) is 4.90 Å². The van der Waals surface area contributed by atoms with Gasteiger partial charge in [-0.2, -0.15) is 0 Å². The minimum Gasteiger partial charge on any atom is -0.455 e. The Kier molecular flexibility index (Phi) is 7.78. The number of rotatable bonds is 6. The summed E-state index contributed by atoms with van der Waals surface area (Å²) in [5.41, 5.74) is 13.2. The van der Waals surface area contributed by atoms with Crippen molar-refractivity contribution in [1.29, 1.82) is 0 Å². The van der Waals surface area contributed by atoms with Gasteiger partial charge in [0.05, 0.1) is 27.8 Å². The summed E-state index contributed by atoms with van der Waals surface area (Å²) in [5.74, 6) is 0. The van der Waals surface area contributed by atoms with E-state index in [-0.39, 0.29) is 0 Å². The zero-order valence-corrected chi connectivity index (χ0v) is 34.3. The molecule has 3 heterocycles. The maximum atomic E-state index is 6.76. The van der Waals surface area contributed by atoms with Crippen molar-refractivity contribution < 1.29 is 4.42 Å². The molecule has 62 heavy (non-hydrogen) atoms. The topological polar surface area (TPSA) is 21.3 Å². The summed E-state index contributed by atoms with van der Waals surface area (Å²) in [6, 6.07) is 79.1. The van der Waals surface area contributed by atoms with E-state index in [9.17, 15) is 0 Å². The Morgan fingerprint density at radius 2 is 1.08 bits per heavy atom. The van der Waals surface area contributed by atoms with Crippen LogP contribution < -0.4 is 4.90 Å². The molecule has 4 heteroatoms. The van der Waals surface area contributed by atoms with Crippen LogP contribution in [0.15, 0.2) is 223 Å². The Morgan fingerprint density at radius 1 is 0.419 bits per heavy atom. The minimum absolute atomic E-state index is 0.863. The fourth-order valence-electron chi connectivity index (χ4n) is 9.82. The van der Waals surface area contributed by atoms with Crippen molar-refractivity contribution in [2.24, 2.45) is 0 Å². The number of aromatic nitrogens is 1. The molecule has 0 radical (unpaired) electrons. The molecule has 3 aromatic heterocycles. The van der Waals surface area contributed by atoms with Gasteiger partial charge < -0.3 is 13.9 Å². The molecule has 0 amide bonds. The fraction of sp³-hybridized carbons (Fsp3) is 0. The maximum Gasteiger partial charge on any atom is 0.143 e. The lowest BCUT2D eigenvalue weighted by molar-refractivity contribution is 0.672. The first-order chi connectivity index (χ1) is 30.8. The van der Waals surface area contributed by atoms with Crippen molar-refractivity contribution in [1.82, 2.24) is 4.57 Å². The van der Waals surface area contributed by atoms with Crippen LogP contribution >= 0.6 is 11.3 Å². The quantitative estimate of drug-likeness (QED) is 0.167. The third-order valence-corrected chi connectivity index (χ3v) is 13.8. The van der Waals surface area contributed by atoms with Crippen LogP contribution in [0.25, 0.3) is 103 Å². The normalized spacial score (nSPS) is 11.9. The number of thiophene rings is 1. The summed E-state index contributed by atoms with van der Waals surface area (Å²) < 4.78 is 11.8. The molecule has 0 spiro atoms. The lowest BCUT2D eigenvalue weighted by Crippen LogP contribution is -2.10. The van der Waals surface area contributed by atoms with Gasteiger partial charge in [-0.3, -0.25) is 0 Å². The van der Waals surface area contributed by atoms with E-state index in [2.05, 4.69) is 228 Å². The molecule has 13 rings (SSSR count). The smallest absolute Gasteiger partial charge is 0.143 e. The zero-order valence-electron chi connectivity index (χ0n) is 33.5. The SMILES string of the molecule is c1cc(-c2cccc3c2sc2ccccc23)cc(N(c2ccc(-c3ccccc3-n3c4ccccc4c4ccccc43)cc2)c2cccc3oc4c5ccccc5ccc4c23)c1. The van der Waals surface area contributed by atoms with Gasteiger partial charge in [0.25, 0.3) is 0 Å².